The fourth-order valence-corrected chi connectivity index (χ4v) is 5.40. The lowest BCUT2D eigenvalue weighted by Crippen LogP contribution is -2.59. The van der Waals surface area contributed by atoms with Crippen LogP contribution < -0.4 is 21.3 Å². The largest absolute Gasteiger partial charge is 0.394 e. The molecule has 0 spiro atoms. The van der Waals surface area contributed by atoms with E-state index in [9.17, 15) is 49.5 Å². The highest BCUT2D eigenvalue weighted by atomic mass is 16.6. The third kappa shape index (κ3) is 16.2. The molecular formula is C34H58N8O13. The Labute approximate surface area is 319 Å². The van der Waals surface area contributed by atoms with E-state index in [1.54, 1.807) is 13.8 Å². The van der Waals surface area contributed by atoms with Crippen molar-refractivity contribution in [2.45, 2.75) is 108 Å². The summed E-state index contributed by atoms with van der Waals surface area (Å²) in [5.74, 6) is -3.23. The summed E-state index contributed by atoms with van der Waals surface area (Å²) in [5.41, 5.74) is -0.361. The molecule has 3 unspecified atom stereocenters. The Hall–Kier alpha value is -4.25. The number of hydrogen-bond acceptors (Lipinski definition) is 15. The van der Waals surface area contributed by atoms with E-state index in [1.165, 1.54) is 17.4 Å². The fraction of sp³-hybridized carbons (Fsp3) is 0.735. The van der Waals surface area contributed by atoms with Gasteiger partial charge in [0.15, 0.2) is 0 Å². The van der Waals surface area contributed by atoms with Gasteiger partial charge < -0.3 is 71.4 Å². The number of aliphatic hydroxyl groups is 6. The predicted octanol–water partition coefficient (Wildman–Crippen LogP) is -4.19. The molecule has 2 rings (SSSR count). The minimum Gasteiger partial charge on any atom is -0.394 e. The van der Waals surface area contributed by atoms with Crippen molar-refractivity contribution in [3.63, 3.8) is 0 Å². The molecule has 1 aliphatic heterocycles. The molecule has 1 saturated heterocycles. The van der Waals surface area contributed by atoms with Crippen molar-refractivity contribution in [3.8, 4) is 0 Å². The first-order valence-electron chi connectivity index (χ1n) is 18.1. The van der Waals surface area contributed by atoms with Gasteiger partial charge in [-0.05, 0) is 39.0 Å². The number of carbonyl (C=O) groups is 5. The van der Waals surface area contributed by atoms with Crippen LogP contribution in [0.1, 0.15) is 59.1 Å². The summed E-state index contributed by atoms with van der Waals surface area (Å²) >= 11 is 0. The first-order valence-corrected chi connectivity index (χ1v) is 18.1. The molecule has 0 radical (unpaired) electrons. The summed E-state index contributed by atoms with van der Waals surface area (Å²) in [6.07, 6.45) is -0.311. The molecule has 1 fully saturated rings. The van der Waals surface area contributed by atoms with E-state index < -0.39 is 84.9 Å². The Morgan fingerprint density at radius 3 is 2.31 bits per heavy atom. The number of likely N-dealkylation sites (tertiary alicyclic amines) is 1. The molecule has 2 heterocycles. The van der Waals surface area contributed by atoms with Crippen LogP contribution in [0.3, 0.4) is 0 Å². The average Bonchev–Trinajstić information content (AvgIpc) is 3.86. The highest BCUT2D eigenvalue weighted by Gasteiger charge is 2.37. The number of hydrogen-bond donors (Lipinski definition) is 11. The lowest BCUT2D eigenvalue weighted by Gasteiger charge is -2.29. The number of H-pyrrole nitrogens is 1. The molecule has 1 aliphatic rings. The molecule has 11 N–H and O–H groups in total. The van der Waals surface area contributed by atoms with Gasteiger partial charge in [0.25, 0.3) is 0 Å². The van der Waals surface area contributed by atoms with Crippen LogP contribution in [0.25, 0.3) is 0 Å². The van der Waals surface area contributed by atoms with Gasteiger partial charge in [0.1, 0.15) is 49.1 Å². The Balaban J connectivity index is 2.06. The Morgan fingerprint density at radius 1 is 1.00 bits per heavy atom. The number of carbonyl (C=O) groups excluding carboxylic acids is 5. The van der Waals surface area contributed by atoms with Crippen molar-refractivity contribution >= 4 is 35.8 Å². The van der Waals surface area contributed by atoms with E-state index in [0.717, 1.165) is 6.21 Å². The molecule has 0 aliphatic carbocycles. The molecule has 55 heavy (non-hydrogen) atoms. The van der Waals surface area contributed by atoms with Crippen molar-refractivity contribution in [2.75, 3.05) is 46.1 Å². The number of amides is 5. The van der Waals surface area contributed by atoms with Crippen LogP contribution in [0, 0.1) is 5.92 Å². The van der Waals surface area contributed by atoms with Crippen LogP contribution in [0.4, 0.5) is 0 Å². The number of aromatic amines is 1. The maximum Gasteiger partial charge on any atom is 0.245 e. The Bertz CT molecular complexity index is 1380. The predicted molar refractivity (Wildman–Crippen MR) is 194 cm³/mol. The lowest BCUT2D eigenvalue weighted by molar-refractivity contribution is -0.141. The summed E-state index contributed by atoms with van der Waals surface area (Å²) in [5, 5.41) is 70.5. The number of nitrogens with one attached hydrogen (secondary N) is 5. The third-order valence-corrected chi connectivity index (χ3v) is 8.54. The normalized spacial score (nSPS) is 17.9. The van der Waals surface area contributed by atoms with Gasteiger partial charge >= 0.3 is 0 Å². The van der Waals surface area contributed by atoms with Crippen LogP contribution in [0.5, 0.6) is 0 Å². The molecule has 0 saturated carbocycles. The number of ether oxygens (including phenoxy) is 1. The van der Waals surface area contributed by atoms with E-state index in [0.29, 0.717) is 25.1 Å². The van der Waals surface area contributed by atoms with Crippen LogP contribution in [-0.2, 0) is 40.0 Å². The van der Waals surface area contributed by atoms with Crippen molar-refractivity contribution in [2.24, 2.45) is 11.1 Å². The van der Waals surface area contributed by atoms with Crippen LogP contribution in [-0.4, -0.2) is 175 Å². The van der Waals surface area contributed by atoms with Crippen LogP contribution in [0.15, 0.2) is 17.7 Å². The number of imidazole rings is 1. The maximum atomic E-state index is 13.7. The highest BCUT2D eigenvalue weighted by molar-refractivity contribution is 5.95. The molecule has 312 valence electrons. The molecular weight excluding hydrogens is 728 g/mol. The standard InChI is InChI=1S/C34H58N8O13/c1-20(2)12-22(40-33(53)25-6-5-9-42(25)28(48)7-10-54-34(3,4)18-45)31(51)39-23(13-21-14-35-19-37-21)32(52)41-24(16-43)30(50)36-8-11-55-38-15-26(46)29(49)27(47)17-44/h14-15,19-20,22-27,29,43-47,49H,5-13,16-18H2,1-4H3,(H,35,37)(H,36,50)(H,39,51)(H,40,53)(H,41,52)/b38-15+/t22-,23-,24-,25-,26?,27?,29?/m0/s1. The summed E-state index contributed by atoms with van der Waals surface area (Å²) in [6, 6.07) is -4.67. The molecule has 21 nitrogen and oxygen atoms in total. The summed E-state index contributed by atoms with van der Waals surface area (Å²) < 4.78 is 5.57. The minimum absolute atomic E-state index is 0.00133. The number of rotatable bonds is 25. The van der Waals surface area contributed by atoms with E-state index in [1.807, 2.05) is 13.8 Å². The lowest BCUT2D eigenvalue weighted by atomic mass is 10.0. The van der Waals surface area contributed by atoms with Crippen molar-refractivity contribution in [3.05, 3.63) is 18.2 Å². The smallest absolute Gasteiger partial charge is 0.245 e. The maximum absolute atomic E-state index is 13.7. The molecule has 0 bridgehead atoms. The minimum atomic E-state index is -1.71. The van der Waals surface area contributed by atoms with Gasteiger partial charge in [0, 0.05) is 24.9 Å². The SMILES string of the molecule is CC(C)C[C@H](NC(=O)[C@@H]1CCCN1C(=O)CCOC(C)(C)CO)C(=O)N[C@@H](Cc1cnc[nH]1)C(=O)N[C@@H](CO)C(=O)NCCO/N=C/C(O)C(O)C(O)CO. The first-order chi connectivity index (χ1) is 26.0. The van der Waals surface area contributed by atoms with E-state index in [4.69, 9.17) is 14.7 Å². The van der Waals surface area contributed by atoms with Gasteiger partial charge in [-0.25, -0.2) is 4.98 Å². The first kappa shape index (κ1) is 46.9. The molecule has 1 aromatic heterocycles. The summed E-state index contributed by atoms with van der Waals surface area (Å²) in [6.45, 7) is 5.25. The number of nitrogens with zero attached hydrogens (tertiary/aromatic N) is 3. The Kier molecular flexibility index (Phi) is 20.1. The third-order valence-electron chi connectivity index (χ3n) is 8.54. The second-order valence-corrected chi connectivity index (χ2v) is 14.1. The molecule has 1 aromatic rings. The quantitative estimate of drug-likeness (QED) is 0.0255. The molecule has 0 aromatic carbocycles. The second-order valence-electron chi connectivity index (χ2n) is 14.1. The Morgan fingerprint density at radius 2 is 1.69 bits per heavy atom. The topological polar surface area (TPSA) is 318 Å². The van der Waals surface area contributed by atoms with Crippen LogP contribution in [0.2, 0.25) is 0 Å². The monoisotopic (exact) mass is 786 g/mol. The van der Waals surface area contributed by atoms with Gasteiger partial charge in [-0.1, -0.05) is 19.0 Å². The zero-order chi connectivity index (χ0) is 41.1. The van der Waals surface area contributed by atoms with Gasteiger partial charge in [-0.3, -0.25) is 24.0 Å². The van der Waals surface area contributed by atoms with Gasteiger partial charge in [-0.15, -0.1) is 0 Å². The second kappa shape index (κ2) is 23.6. The zero-order valence-electron chi connectivity index (χ0n) is 31.7. The van der Waals surface area contributed by atoms with Gasteiger partial charge in [0.2, 0.25) is 29.5 Å². The molecule has 5 amide bonds. The molecule has 7 atom stereocenters. The number of oxime groups is 1. The number of aliphatic hydroxyl groups excluding tert-OH is 6. The van der Waals surface area contributed by atoms with Gasteiger partial charge in [0.05, 0.1) is 57.5 Å². The van der Waals surface area contributed by atoms with E-state index in [2.05, 4.69) is 36.4 Å². The van der Waals surface area contributed by atoms with Crippen molar-refractivity contribution in [1.29, 1.82) is 0 Å². The zero-order valence-corrected chi connectivity index (χ0v) is 31.7. The highest BCUT2D eigenvalue weighted by Crippen LogP contribution is 2.20. The number of aromatic nitrogens is 2. The molecule has 21 heteroatoms. The fourth-order valence-electron chi connectivity index (χ4n) is 5.40. The van der Waals surface area contributed by atoms with E-state index in [-0.39, 0.29) is 57.5 Å². The van der Waals surface area contributed by atoms with Crippen molar-refractivity contribution < 1.29 is 64.2 Å². The van der Waals surface area contributed by atoms with Crippen LogP contribution >= 0.6 is 0 Å². The average molecular weight is 787 g/mol. The van der Waals surface area contributed by atoms with Gasteiger partial charge in [-0.2, -0.15) is 0 Å². The van der Waals surface area contributed by atoms with E-state index >= 15 is 0 Å². The van der Waals surface area contributed by atoms with Crippen molar-refractivity contribution in [1.82, 2.24) is 36.1 Å². The summed E-state index contributed by atoms with van der Waals surface area (Å²) in [7, 11) is 0. The summed E-state index contributed by atoms with van der Waals surface area (Å²) in [4.78, 5) is 79.7.